The van der Waals surface area contributed by atoms with E-state index in [0.29, 0.717) is 21.5 Å². The first-order valence-electron chi connectivity index (χ1n) is 6.78. The largest absolute Gasteiger partial charge is 0.398 e. The summed E-state index contributed by atoms with van der Waals surface area (Å²) in [6, 6.07) is 12.6. The topological polar surface area (TPSA) is 109 Å². The number of fused-ring (bicyclic) bond motifs is 1. The number of halogens is 1. The summed E-state index contributed by atoms with van der Waals surface area (Å²) < 4.78 is 27.7. The van der Waals surface area contributed by atoms with Gasteiger partial charge in [0.25, 0.3) is 10.0 Å². The summed E-state index contributed by atoms with van der Waals surface area (Å²) in [6.45, 7) is 0. The molecular formula is C16H11ClN4O2S. The molecule has 1 aromatic heterocycles. The molecule has 0 unspecified atom stereocenters. The maximum atomic E-state index is 12.6. The van der Waals surface area contributed by atoms with Gasteiger partial charge in [-0.1, -0.05) is 11.6 Å². The predicted molar refractivity (Wildman–Crippen MR) is 93.1 cm³/mol. The number of anilines is 2. The van der Waals surface area contributed by atoms with Crippen LogP contribution in [0.3, 0.4) is 0 Å². The lowest BCUT2D eigenvalue weighted by Gasteiger charge is -2.12. The van der Waals surface area contributed by atoms with Crippen LogP contribution in [0, 0.1) is 11.3 Å². The lowest BCUT2D eigenvalue weighted by molar-refractivity contribution is 0.601. The van der Waals surface area contributed by atoms with Crippen molar-refractivity contribution in [3.8, 4) is 6.07 Å². The van der Waals surface area contributed by atoms with Crippen molar-refractivity contribution < 1.29 is 8.42 Å². The summed E-state index contributed by atoms with van der Waals surface area (Å²) in [4.78, 5) is 4.09. The second kappa shape index (κ2) is 6.00. The fourth-order valence-electron chi connectivity index (χ4n) is 2.32. The lowest BCUT2D eigenvalue weighted by atomic mass is 10.1. The fourth-order valence-corrected chi connectivity index (χ4v) is 3.68. The SMILES string of the molecule is N#Cc1ccc(NS(=O)(=O)c2ccc(Cl)cc2N)c2ncccc12. The van der Waals surface area contributed by atoms with Gasteiger partial charge in [0.05, 0.1) is 28.5 Å². The maximum Gasteiger partial charge on any atom is 0.264 e. The van der Waals surface area contributed by atoms with Crippen molar-refractivity contribution in [3.05, 3.63) is 59.2 Å². The van der Waals surface area contributed by atoms with E-state index in [2.05, 4.69) is 15.8 Å². The van der Waals surface area contributed by atoms with Gasteiger partial charge in [-0.05, 0) is 42.5 Å². The summed E-state index contributed by atoms with van der Waals surface area (Å²) in [5.41, 5.74) is 6.85. The number of nitrogens with two attached hydrogens (primary N) is 1. The van der Waals surface area contributed by atoms with Crippen molar-refractivity contribution in [1.29, 1.82) is 5.26 Å². The van der Waals surface area contributed by atoms with Crippen LogP contribution in [-0.4, -0.2) is 13.4 Å². The summed E-state index contributed by atoms with van der Waals surface area (Å²) in [7, 11) is -3.93. The molecule has 0 radical (unpaired) electrons. The van der Waals surface area contributed by atoms with Crippen LogP contribution in [0.1, 0.15) is 5.56 Å². The van der Waals surface area contributed by atoms with Gasteiger partial charge in [0.1, 0.15) is 4.90 Å². The van der Waals surface area contributed by atoms with Gasteiger partial charge in [-0.2, -0.15) is 5.26 Å². The Bertz CT molecular complexity index is 1090. The van der Waals surface area contributed by atoms with Crippen LogP contribution in [0.5, 0.6) is 0 Å². The van der Waals surface area contributed by atoms with Crippen LogP contribution in [0.4, 0.5) is 11.4 Å². The summed E-state index contributed by atoms with van der Waals surface area (Å²) in [5, 5.41) is 10.1. The van der Waals surface area contributed by atoms with Crippen LogP contribution < -0.4 is 10.5 Å². The minimum atomic E-state index is -3.93. The number of aromatic nitrogens is 1. The Balaban J connectivity index is 2.11. The quantitative estimate of drug-likeness (QED) is 0.699. The zero-order chi connectivity index (χ0) is 17.3. The zero-order valence-electron chi connectivity index (χ0n) is 12.2. The first-order valence-corrected chi connectivity index (χ1v) is 8.64. The van der Waals surface area contributed by atoms with E-state index < -0.39 is 10.0 Å². The summed E-state index contributed by atoms with van der Waals surface area (Å²) in [5.74, 6) is 0. The summed E-state index contributed by atoms with van der Waals surface area (Å²) >= 11 is 5.80. The van der Waals surface area contributed by atoms with Gasteiger partial charge in [0.2, 0.25) is 0 Å². The number of benzene rings is 2. The van der Waals surface area contributed by atoms with Crippen LogP contribution in [0.2, 0.25) is 5.02 Å². The fraction of sp³-hybridized carbons (Fsp3) is 0. The molecule has 2 aromatic carbocycles. The molecule has 120 valence electrons. The van der Waals surface area contributed by atoms with Crippen molar-refractivity contribution in [1.82, 2.24) is 4.98 Å². The first kappa shape index (κ1) is 16.1. The lowest BCUT2D eigenvalue weighted by Crippen LogP contribution is -2.15. The molecule has 0 aliphatic rings. The van der Waals surface area contributed by atoms with E-state index >= 15 is 0 Å². The average Bonchev–Trinajstić information content (AvgIpc) is 2.54. The van der Waals surface area contributed by atoms with Crippen LogP contribution in [-0.2, 0) is 10.0 Å². The number of pyridine rings is 1. The van der Waals surface area contributed by atoms with E-state index in [1.807, 2.05) is 0 Å². The van der Waals surface area contributed by atoms with Crippen molar-refractivity contribution in [2.75, 3.05) is 10.5 Å². The van der Waals surface area contributed by atoms with Gasteiger partial charge in [0, 0.05) is 16.6 Å². The van der Waals surface area contributed by atoms with Crippen LogP contribution >= 0.6 is 11.6 Å². The Labute approximate surface area is 143 Å². The maximum absolute atomic E-state index is 12.6. The number of nitrogen functional groups attached to an aromatic ring is 1. The molecule has 24 heavy (non-hydrogen) atoms. The number of hydrogen-bond donors (Lipinski definition) is 2. The molecule has 8 heteroatoms. The molecular weight excluding hydrogens is 348 g/mol. The van der Waals surface area contributed by atoms with Gasteiger partial charge < -0.3 is 5.73 Å². The standard InChI is InChI=1S/C16H11ClN4O2S/c17-11-4-6-15(13(19)8-11)24(22,23)21-14-5-3-10(9-18)12-2-1-7-20-16(12)14/h1-8,21H,19H2. The van der Waals surface area contributed by atoms with Gasteiger partial charge in [-0.15, -0.1) is 0 Å². The Morgan fingerprint density at radius 2 is 2.00 bits per heavy atom. The highest BCUT2D eigenvalue weighted by Gasteiger charge is 2.19. The molecule has 0 spiro atoms. The molecule has 0 atom stereocenters. The van der Waals surface area contributed by atoms with Crippen molar-refractivity contribution in [2.45, 2.75) is 4.90 Å². The van der Waals surface area contributed by atoms with Crippen molar-refractivity contribution >= 4 is 43.9 Å². The van der Waals surface area contributed by atoms with E-state index in [4.69, 9.17) is 22.6 Å². The summed E-state index contributed by atoms with van der Waals surface area (Å²) in [6.07, 6.45) is 1.53. The molecule has 0 saturated heterocycles. The minimum absolute atomic E-state index is 0.0425. The molecule has 0 fully saturated rings. The Hall–Kier alpha value is -2.82. The molecule has 0 saturated carbocycles. The molecule has 0 aliphatic heterocycles. The van der Waals surface area contributed by atoms with E-state index in [9.17, 15) is 8.42 Å². The van der Waals surface area contributed by atoms with E-state index in [1.165, 1.54) is 36.5 Å². The van der Waals surface area contributed by atoms with E-state index in [-0.39, 0.29) is 16.3 Å². The zero-order valence-corrected chi connectivity index (χ0v) is 13.8. The predicted octanol–water partition coefficient (Wildman–Crippen LogP) is 3.14. The number of hydrogen-bond acceptors (Lipinski definition) is 5. The highest BCUT2D eigenvalue weighted by atomic mass is 35.5. The Morgan fingerprint density at radius 1 is 1.21 bits per heavy atom. The van der Waals surface area contributed by atoms with Gasteiger partial charge in [-0.25, -0.2) is 8.42 Å². The molecule has 1 heterocycles. The second-order valence-electron chi connectivity index (χ2n) is 4.96. The highest BCUT2D eigenvalue weighted by molar-refractivity contribution is 7.93. The number of nitriles is 1. The number of sulfonamides is 1. The molecule has 6 nitrogen and oxygen atoms in total. The highest BCUT2D eigenvalue weighted by Crippen LogP contribution is 2.29. The third-order valence-corrected chi connectivity index (χ3v) is 5.07. The van der Waals surface area contributed by atoms with E-state index in [0.717, 1.165) is 0 Å². The molecule has 3 rings (SSSR count). The molecule has 3 N–H and O–H groups in total. The number of rotatable bonds is 3. The average molecular weight is 359 g/mol. The Kier molecular flexibility index (Phi) is 4.01. The third kappa shape index (κ3) is 2.85. The Morgan fingerprint density at radius 3 is 2.71 bits per heavy atom. The molecule has 0 bridgehead atoms. The number of nitrogens with one attached hydrogen (secondary N) is 1. The van der Waals surface area contributed by atoms with Crippen molar-refractivity contribution in [3.63, 3.8) is 0 Å². The van der Waals surface area contributed by atoms with Crippen molar-refractivity contribution in [2.24, 2.45) is 0 Å². The molecule has 0 amide bonds. The van der Waals surface area contributed by atoms with Crippen LogP contribution in [0.25, 0.3) is 10.9 Å². The second-order valence-corrected chi connectivity index (χ2v) is 7.05. The smallest absolute Gasteiger partial charge is 0.264 e. The van der Waals surface area contributed by atoms with Gasteiger partial charge in [0.15, 0.2) is 0 Å². The molecule has 3 aromatic rings. The van der Waals surface area contributed by atoms with Gasteiger partial charge >= 0.3 is 0 Å². The van der Waals surface area contributed by atoms with Gasteiger partial charge in [-0.3, -0.25) is 9.71 Å². The minimum Gasteiger partial charge on any atom is -0.398 e. The van der Waals surface area contributed by atoms with E-state index in [1.54, 1.807) is 12.1 Å². The third-order valence-electron chi connectivity index (χ3n) is 3.40. The number of nitrogens with zero attached hydrogens (tertiary/aromatic N) is 2. The normalized spacial score (nSPS) is 11.2. The first-order chi connectivity index (χ1) is 11.4. The molecule has 0 aliphatic carbocycles. The monoisotopic (exact) mass is 358 g/mol. The van der Waals surface area contributed by atoms with Crippen LogP contribution in [0.15, 0.2) is 53.6 Å².